The molecule has 0 saturated carbocycles. The van der Waals surface area contributed by atoms with Crippen LogP contribution in [0.1, 0.15) is 19.9 Å². The first kappa shape index (κ1) is 11.8. The smallest absolute Gasteiger partial charge is 0.275 e. The zero-order chi connectivity index (χ0) is 13.6. The van der Waals surface area contributed by atoms with Gasteiger partial charge in [-0.25, -0.2) is 0 Å². The molecule has 5 heteroatoms. The second kappa shape index (κ2) is 4.12. The van der Waals surface area contributed by atoms with Crippen molar-refractivity contribution in [3.63, 3.8) is 0 Å². The quantitative estimate of drug-likeness (QED) is 0.707. The van der Waals surface area contributed by atoms with Crippen molar-refractivity contribution in [3.8, 4) is 5.88 Å². The molecule has 3 aromatic heterocycles. The van der Waals surface area contributed by atoms with Gasteiger partial charge in [0.15, 0.2) is 5.65 Å². The van der Waals surface area contributed by atoms with Crippen LogP contribution in [0.5, 0.6) is 5.88 Å². The van der Waals surface area contributed by atoms with Crippen molar-refractivity contribution >= 4 is 16.7 Å². The van der Waals surface area contributed by atoms with E-state index in [9.17, 15) is 4.79 Å². The minimum Gasteiger partial charge on any atom is -0.481 e. The van der Waals surface area contributed by atoms with Gasteiger partial charge in [0.05, 0.1) is 12.6 Å². The first-order chi connectivity index (χ1) is 9.13. The first-order valence-corrected chi connectivity index (χ1v) is 6.20. The lowest BCUT2D eigenvalue weighted by Gasteiger charge is -2.15. The van der Waals surface area contributed by atoms with Crippen LogP contribution in [0.3, 0.4) is 0 Å². The van der Waals surface area contributed by atoms with Crippen LogP contribution in [0.2, 0.25) is 0 Å². The predicted molar refractivity (Wildman–Crippen MR) is 73.9 cm³/mol. The summed E-state index contributed by atoms with van der Waals surface area (Å²) in [5.74, 6) is 0.538. The minimum atomic E-state index is -0.000494. The molecule has 19 heavy (non-hydrogen) atoms. The zero-order valence-electron chi connectivity index (χ0n) is 11.1. The minimum absolute atomic E-state index is 0.000494. The molecule has 0 spiro atoms. The van der Waals surface area contributed by atoms with Gasteiger partial charge in [0, 0.05) is 18.3 Å². The van der Waals surface area contributed by atoms with Crippen molar-refractivity contribution in [2.45, 2.75) is 19.9 Å². The number of rotatable bonds is 2. The SMILES string of the molecule is COc1ccc2c(n1)n1cccc1c(=O)n2C(C)C. The third kappa shape index (κ3) is 1.62. The summed E-state index contributed by atoms with van der Waals surface area (Å²) < 4.78 is 8.73. The van der Waals surface area contributed by atoms with E-state index in [1.54, 1.807) is 22.1 Å². The number of methoxy groups -OCH3 is 1. The molecule has 0 amide bonds. The molecule has 0 aliphatic heterocycles. The monoisotopic (exact) mass is 257 g/mol. The summed E-state index contributed by atoms with van der Waals surface area (Å²) in [4.78, 5) is 16.9. The molecule has 3 heterocycles. The van der Waals surface area contributed by atoms with Gasteiger partial charge < -0.3 is 9.30 Å². The van der Waals surface area contributed by atoms with Gasteiger partial charge in [0.1, 0.15) is 5.52 Å². The number of hydrogen-bond donors (Lipinski definition) is 0. The van der Waals surface area contributed by atoms with E-state index in [4.69, 9.17) is 4.74 Å². The number of fused-ring (bicyclic) bond motifs is 3. The Labute approximate surface area is 110 Å². The van der Waals surface area contributed by atoms with E-state index >= 15 is 0 Å². The van der Waals surface area contributed by atoms with E-state index in [1.807, 2.05) is 38.2 Å². The Morgan fingerprint density at radius 1 is 1.21 bits per heavy atom. The molecule has 0 radical (unpaired) electrons. The largest absolute Gasteiger partial charge is 0.481 e. The van der Waals surface area contributed by atoms with Crippen LogP contribution in [-0.2, 0) is 0 Å². The molecule has 0 N–H and O–H groups in total. The Kier molecular flexibility index (Phi) is 2.55. The Hall–Kier alpha value is -2.30. The average molecular weight is 257 g/mol. The van der Waals surface area contributed by atoms with Crippen LogP contribution in [0, 0.1) is 0 Å². The molecule has 0 atom stereocenters. The van der Waals surface area contributed by atoms with Gasteiger partial charge in [-0.3, -0.25) is 9.20 Å². The lowest BCUT2D eigenvalue weighted by Crippen LogP contribution is -2.24. The van der Waals surface area contributed by atoms with Gasteiger partial charge in [-0.2, -0.15) is 4.98 Å². The molecule has 0 aliphatic rings. The molecule has 3 aromatic rings. The number of aromatic nitrogens is 3. The highest BCUT2D eigenvalue weighted by Crippen LogP contribution is 2.19. The van der Waals surface area contributed by atoms with Crippen molar-refractivity contribution in [3.05, 3.63) is 40.8 Å². The lowest BCUT2D eigenvalue weighted by atomic mass is 10.3. The highest BCUT2D eigenvalue weighted by Gasteiger charge is 2.14. The van der Waals surface area contributed by atoms with Crippen molar-refractivity contribution in [2.75, 3.05) is 7.11 Å². The Bertz CT molecular complexity index is 815. The molecule has 0 unspecified atom stereocenters. The number of nitrogens with zero attached hydrogens (tertiary/aromatic N) is 3. The topological polar surface area (TPSA) is 48.5 Å². The van der Waals surface area contributed by atoms with Gasteiger partial charge >= 0.3 is 0 Å². The van der Waals surface area contributed by atoms with E-state index in [-0.39, 0.29) is 11.6 Å². The molecule has 0 fully saturated rings. The summed E-state index contributed by atoms with van der Waals surface area (Å²) in [6, 6.07) is 7.38. The van der Waals surface area contributed by atoms with E-state index in [0.717, 1.165) is 11.2 Å². The van der Waals surface area contributed by atoms with Crippen molar-refractivity contribution in [2.24, 2.45) is 0 Å². The molecule has 0 saturated heterocycles. The number of hydrogen-bond acceptors (Lipinski definition) is 3. The van der Waals surface area contributed by atoms with Gasteiger partial charge in [-0.15, -0.1) is 0 Å². The second-order valence-corrected chi connectivity index (χ2v) is 4.73. The summed E-state index contributed by atoms with van der Waals surface area (Å²) in [5, 5.41) is 0. The molecule has 0 aliphatic carbocycles. The summed E-state index contributed by atoms with van der Waals surface area (Å²) in [5.41, 5.74) is 2.17. The summed E-state index contributed by atoms with van der Waals surface area (Å²) >= 11 is 0. The van der Waals surface area contributed by atoms with Crippen molar-refractivity contribution in [1.82, 2.24) is 14.0 Å². The van der Waals surface area contributed by atoms with Crippen LogP contribution in [0.15, 0.2) is 35.3 Å². The standard InChI is InChI=1S/C14H15N3O2/c1-9(2)17-10-6-7-12(19-3)15-13(10)16-8-4-5-11(16)14(17)18/h4-9H,1-3H3. The Balaban J connectivity index is 2.58. The molecule has 0 aromatic carbocycles. The van der Waals surface area contributed by atoms with E-state index in [1.165, 1.54) is 0 Å². The van der Waals surface area contributed by atoms with Crippen LogP contribution in [-0.4, -0.2) is 21.1 Å². The maximum atomic E-state index is 12.5. The molecular formula is C14H15N3O2. The van der Waals surface area contributed by atoms with Gasteiger partial charge in [-0.05, 0) is 32.0 Å². The van der Waals surface area contributed by atoms with Crippen molar-refractivity contribution in [1.29, 1.82) is 0 Å². The van der Waals surface area contributed by atoms with Crippen molar-refractivity contribution < 1.29 is 4.74 Å². The zero-order valence-corrected chi connectivity index (χ0v) is 11.1. The van der Waals surface area contributed by atoms with E-state index in [0.29, 0.717) is 11.4 Å². The number of ether oxygens (including phenoxy) is 1. The third-order valence-corrected chi connectivity index (χ3v) is 3.23. The lowest BCUT2D eigenvalue weighted by molar-refractivity contribution is 0.399. The normalized spacial score (nSPS) is 11.6. The summed E-state index contributed by atoms with van der Waals surface area (Å²) in [6.45, 7) is 3.98. The summed E-state index contributed by atoms with van der Waals surface area (Å²) in [6.07, 6.45) is 1.84. The summed E-state index contributed by atoms with van der Waals surface area (Å²) in [7, 11) is 1.58. The van der Waals surface area contributed by atoms with Crippen LogP contribution in [0.4, 0.5) is 0 Å². The van der Waals surface area contributed by atoms with E-state index in [2.05, 4.69) is 4.98 Å². The molecule has 3 rings (SSSR count). The fourth-order valence-corrected chi connectivity index (χ4v) is 2.39. The van der Waals surface area contributed by atoms with Crippen LogP contribution < -0.4 is 10.3 Å². The maximum absolute atomic E-state index is 12.5. The fourth-order valence-electron chi connectivity index (χ4n) is 2.39. The van der Waals surface area contributed by atoms with Crippen LogP contribution >= 0.6 is 0 Å². The average Bonchev–Trinajstić information content (AvgIpc) is 2.88. The Morgan fingerprint density at radius 3 is 2.68 bits per heavy atom. The van der Waals surface area contributed by atoms with Gasteiger partial charge in [0.25, 0.3) is 5.56 Å². The van der Waals surface area contributed by atoms with Gasteiger partial charge in [-0.1, -0.05) is 0 Å². The van der Waals surface area contributed by atoms with Gasteiger partial charge in [0.2, 0.25) is 5.88 Å². The molecular weight excluding hydrogens is 242 g/mol. The maximum Gasteiger partial charge on any atom is 0.275 e. The van der Waals surface area contributed by atoms with Crippen LogP contribution in [0.25, 0.3) is 16.7 Å². The molecule has 98 valence electrons. The number of pyridine rings is 1. The highest BCUT2D eigenvalue weighted by molar-refractivity contribution is 5.76. The fraction of sp³-hybridized carbons (Fsp3) is 0.286. The predicted octanol–water partition coefficient (Wildman–Crippen LogP) is 2.24. The highest BCUT2D eigenvalue weighted by atomic mass is 16.5. The first-order valence-electron chi connectivity index (χ1n) is 6.20. The molecule has 5 nitrogen and oxygen atoms in total. The molecule has 0 bridgehead atoms. The third-order valence-electron chi connectivity index (χ3n) is 3.23. The second-order valence-electron chi connectivity index (χ2n) is 4.73. The Morgan fingerprint density at radius 2 is 2.00 bits per heavy atom. The van der Waals surface area contributed by atoms with E-state index < -0.39 is 0 Å².